The monoisotopic (exact) mass is 247 g/mol. The van der Waals surface area contributed by atoms with Crippen molar-refractivity contribution in [2.75, 3.05) is 0 Å². The maximum absolute atomic E-state index is 9.81. The third-order valence-corrected chi connectivity index (χ3v) is 2.89. The van der Waals surface area contributed by atoms with Crippen LogP contribution < -0.4 is 0 Å². The molecule has 0 aliphatic rings. The van der Waals surface area contributed by atoms with Gasteiger partial charge in [-0.3, -0.25) is 0 Å². The second-order valence-electron chi connectivity index (χ2n) is 4.03. The summed E-state index contributed by atoms with van der Waals surface area (Å²) in [6.07, 6.45) is 0. The smallest absolute Gasteiger partial charge is 0.201 e. The molecule has 0 amide bonds. The molecule has 0 radical (unpaired) electrons. The van der Waals surface area contributed by atoms with Crippen LogP contribution in [0.25, 0.3) is 21.8 Å². The maximum atomic E-state index is 9.81. The minimum Gasteiger partial charge on any atom is -0.508 e. The lowest BCUT2D eigenvalue weighted by atomic mass is 10.1. The third-order valence-electron chi connectivity index (χ3n) is 2.89. The zero-order valence-electron chi connectivity index (χ0n) is 8.97. The molecule has 0 saturated carbocycles. The third kappa shape index (κ3) is 1.17. The van der Waals surface area contributed by atoms with Gasteiger partial charge in [-0.25, -0.2) is 0 Å². The van der Waals surface area contributed by atoms with Gasteiger partial charge in [-0.2, -0.15) is 0 Å². The van der Waals surface area contributed by atoms with Crippen LogP contribution in [0.2, 0.25) is 0 Å². The van der Waals surface area contributed by atoms with E-state index in [4.69, 9.17) is 0 Å². The van der Waals surface area contributed by atoms with Crippen LogP contribution in [0, 0.1) is 0 Å². The van der Waals surface area contributed by atoms with Gasteiger partial charge in [-0.05, 0) is 6.07 Å². The molecule has 3 aromatic rings. The molecule has 0 aliphatic carbocycles. The Balaban J connectivity index is 2.62. The van der Waals surface area contributed by atoms with Crippen LogP contribution in [-0.2, 0) is 0 Å². The molecule has 0 fully saturated rings. The van der Waals surface area contributed by atoms with E-state index in [2.05, 4.69) is 4.98 Å². The summed E-state index contributed by atoms with van der Waals surface area (Å²) >= 11 is 0. The molecule has 0 unspecified atom stereocenters. The Morgan fingerprint density at radius 1 is 0.778 bits per heavy atom. The number of fused-ring (bicyclic) bond motifs is 3. The first-order valence-corrected chi connectivity index (χ1v) is 5.10. The van der Waals surface area contributed by atoms with E-state index in [1.807, 2.05) is 0 Å². The molecular weight excluding hydrogens is 238 g/mol. The predicted molar refractivity (Wildman–Crippen MR) is 64.1 cm³/mol. The van der Waals surface area contributed by atoms with Crippen LogP contribution in [0.1, 0.15) is 0 Å². The summed E-state index contributed by atoms with van der Waals surface area (Å²) in [5.74, 6) is -2.00. The van der Waals surface area contributed by atoms with E-state index in [1.54, 1.807) is 0 Å². The van der Waals surface area contributed by atoms with Crippen molar-refractivity contribution in [1.29, 1.82) is 0 Å². The minimum atomic E-state index is -0.647. The van der Waals surface area contributed by atoms with E-state index in [-0.39, 0.29) is 16.9 Å². The largest absolute Gasteiger partial charge is 0.508 e. The fourth-order valence-electron chi connectivity index (χ4n) is 2.09. The molecule has 0 bridgehead atoms. The normalized spacial score (nSPS) is 11.3. The van der Waals surface area contributed by atoms with Gasteiger partial charge in [0.25, 0.3) is 0 Å². The van der Waals surface area contributed by atoms with Gasteiger partial charge in [0.2, 0.25) is 5.75 Å². The Labute approximate surface area is 100.0 Å². The summed E-state index contributed by atoms with van der Waals surface area (Å²) in [7, 11) is 0. The summed E-state index contributed by atoms with van der Waals surface area (Å²) in [6.45, 7) is 0. The molecule has 0 atom stereocenters. The number of hydrogen-bond acceptors (Lipinski definition) is 5. The number of phenols is 5. The van der Waals surface area contributed by atoms with Gasteiger partial charge in [0.05, 0.1) is 16.4 Å². The zero-order valence-corrected chi connectivity index (χ0v) is 8.97. The number of rotatable bonds is 0. The van der Waals surface area contributed by atoms with Crippen LogP contribution >= 0.6 is 0 Å². The Hall–Kier alpha value is -2.76. The number of hydrogen-bond donors (Lipinski definition) is 6. The van der Waals surface area contributed by atoms with Gasteiger partial charge in [-0.15, -0.1) is 0 Å². The van der Waals surface area contributed by atoms with Crippen molar-refractivity contribution in [3.63, 3.8) is 0 Å². The topological polar surface area (TPSA) is 117 Å². The molecule has 6 heteroatoms. The number of nitrogens with one attached hydrogen (secondary N) is 1. The highest BCUT2D eigenvalue weighted by molar-refractivity contribution is 6.13. The van der Waals surface area contributed by atoms with Crippen molar-refractivity contribution >= 4 is 21.8 Å². The number of H-pyrrole nitrogens is 1. The zero-order chi connectivity index (χ0) is 13.0. The van der Waals surface area contributed by atoms with Crippen molar-refractivity contribution in [3.8, 4) is 28.7 Å². The minimum absolute atomic E-state index is 0.173. The standard InChI is InChI=1S/C12H9NO5/c14-4-1-5-9-6(13-10(5)7(15)2-4)3-8(16)11(17)12(9)18/h1-3,13-18H. The van der Waals surface area contributed by atoms with Crippen LogP contribution in [0.4, 0.5) is 0 Å². The van der Waals surface area contributed by atoms with Crippen molar-refractivity contribution < 1.29 is 25.5 Å². The van der Waals surface area contributed by atoms with E-state index in [1.165, 1.54) is 12.1 Å². The molecule has 0 aliphatic heterocycles. The Morgan fingerprint density at radius 2 is 1.50 bits per heavy atom. The van der Waals surface area contributed by atoms with E-state index in [0.29, 0.717) is 16.4 Å². The second-order valence-corrected chi connectivity index (χ2v) is 4.03. The molecule has 6 nitrogen and oxygen atoms in total. The number of aromatic hydroxyl groups is 5. The molecule has 3 rings (SSSR count). The fraction of sp³-hybridized carbons (Fsp3) is 0. The van der Waals surface area contributed by atoms with Crippen LogP contribution in [0.15, 0.2) is 18.2 Å². The number of phenolic OH excluding ortho intramolecular Hbond substituents is 5. The van der Waals surface area contributed by atoms with Gasteiger partial charge < -0.3 is 30.5 Å². The van der Waals surface area contributed by atoms with Crippen molar-refractivity contribution in [3.05, 3.63) is 18.2 Å². The first kappa shape index (κ1) is 10.4. The van der Waals surface area contributed by atoms with Gasteiger partial charge in [0, 0.05) is 17.5 Å². The van der Waals surface area contributed by atoms with Crippen LogP contribution in [-0.4, -0.2) is 30.5 Å². The van der Waals surface area contributed by atoms with Gasteiger partial charge in [0.15, 0.2) is 11.5 Å². The van der Waals surface area contributed by atoms with Crippen LogP contribution in [0.3, 0.4) is 0 Å². The molecule has 1 heterocycles. The number of benzene rings is 2. The highest BCUT2D eigenvalue weighted by Gasteiger charge is 2.18. The molecular formula is C12H9NO5. The molecule has 0 spiro atoms. The first-order valence-electron chi connectivity index (χ1n) is 5.10. The van der Waals surface area contributed by atoms with Crippen molar-refractivity contribution in [1.82, 2.24) is 4.98 Å². The average molecular weight is 247 g/mol. The second kappa shape index (κ2) is 3.13. The summed E-state index contributed by atoms with van der Waals surface area (Å²) in [6, 6.07) is 3.71. The Bertz CT molecular complexity index is 790. The summed E-state index contributed by atoms with van der Waals surface area (Å²) in [5.41, 5.74) is 0.627. The lowest BCUT2D eigenvalue weighted by Gasteiger charge is -2.02. The van der Waals surface area contributed by atoms with Crippen molar-refractivity contribution in [2.24, 2.45) is 0 Å². The summed E-state index contributed by atoms with van der Waals surface area (Å²) in [4.78, 5) is 2.79. The highest BCUT2D eigenvalue weighted by atomic mass is 16.3. The fourth-order valence-corrected chi connectivity index (χ4v) is 2.09. The average Bonchev–Trinajstić information content (AvgIpc) is 2.65. The number of aromatic amines is 1. The molecule has 6 N–H and O–H groups in total. The lowest BCUT2D eigenvalue weighted by Crippen LogP contribution is -1.74. The molecule has 18 heavy (non-hydrogen) atoms. The first-order chi connectivity index (χ1) is 8.49. The molecule has 92 valence electrons. The van der Waals surface area contributed by atoms with E-state index in [0.717, 1.165) is 6.07 Å². The van der Waals surface area contributed by atoms with E-state index >= 15 is 0 Å². The van der Waals surface area contributed by atoms with Crippen LogP contribution in [0.5, 0.6) is 28.7 Å². The quantitative estimate of drug-likeness (QED) is 0.339. The summed E-state index contributed by atoms with van der Waals surface area (Å²) in [5, 5.41) is 48.4. The predicted octanol–water partition coefficient (Wildman–Crippen LogP) is 1.85. The SMILES string of the molecule is Oc1cc(O)c2[nH]c3cc(O)c(O)c(O)c3c2c1. The van der Waals surface area contributed by atoms with E-state index in [9.17, 15) is 25.5 Å². The number of aromatic nitrogens is 1. The van der Waals surface area contributed by atoms with E-state index < -0.39 is 17.2 Å². The highest BCUT2D eigenvalue weighted by Crippen LogP contribution is 2.46. The van der Waals surface area contributed by atoms with Gasteiger partial charge in [-0.1, -0.05) is 0 Å². The molecule has 2 aromatic carbocycles. The van der Waals surface area contributed by atoms with Gasteiger partial charge >= 0.3 is 0 Å². The summed E-state index contributed by atoms with van der Waals surface area (Å²) < 4.78 is 0. The Kier molecular flexibility index (Phi) is 1.81. The maximum Gasteiger partial charge on any atom is 0.201 e. The molecule has 0 saturated heterocycles. The van der Waals surface area contributed by atoms with Gasteiger partial charge in [0.1, 0.15) is 11.5 Å². The Morgan fingerprint density at radius 3 is 2.22 bits per heavy atom. The van der Waals surface area contributed by atoms with Crippen molar-refractivity contribution in [2.45, 2.75) is 0 Å². The lowest BCUT2D eigenvalue weighted by molar-refractivity contribution is 0.371. The molecule has 1 aromatic heterocycles.